The van der Waals surface area contributed by atoms with Crippen molar-refractivity contribution >= 4 is 46.8 Å². The Kier molecular flexibility index (Phi) is 6.56. The number of benzene rings is 2. The van der Waals surface area contributed by atoms with E-state index < -0.39 is 17.6 Å². The average Bonchev–Trinajstić information content (AvgIpc) is 3.03. The van der Waals surface area contributed by atoms with Crippen LogP contribution in [-0.4, -0.2) is 29.0 Å². The van der Waals surface area contributed by atoms with Gasteiger partial charge in [0, 0.05) is 33.4 Å². The fourth-order valence-corrected chi connectivity index (χ4v) is 5.68. The molecule has 4 atom stereocenters. The van der Waals surface area contributed by atoms with Crippen molar-refractivity contribution in [3.8, 4) is 0 Å². The molecule has 0 N–H and O–H groups in total. The third-order valence-electron chi connectivity index (χ3n) is 6.33. The first-order valence-electron chi connectivity index (χ1n) is 10.9. The van der Waals surface area contributed by atoms with Crippen LogP contribution in [0, 0.1) is 11.8 Å². The SMILES string of the molecule is CC1=C[C@H]2C(=O)N(C(=O)OC(C)(C)C)C[C@H]2[C@@H](c2ccc(Cl)cc2)[C@H]1c1ccc(Cl)cc1Cl. The molecule has 0 aromatic heterocycles. The summed E-state index contributed by atoms with van der Waals surface area (Å²) in [6, 6.07) is 13.2. The van der Waals surface area contributed by atoms with Gasteiger partial charge in [-0.05, 0) is 69.0 Å². The molecular weight excluding hydrogens is 481 g/mol. The number of fused-ring (bicyclic) bond motifs is 1. The second-order valence-corrected chi connectivity index (χ2v) is 11.0. The van der Waals surface area contributed by atoms with Crippen LogP contribution in [0.15, 0.2) is 54.1 Å². The lowest BCUT2D eigenvalue weighted by Crippen LogP contribution is -2.38. The molecule has 0 radical (unpaired) electrons. The van der Waals surface area contributed by atoms with Gasteiger partial charge in [-0.25, -0.2) is 9.69 Å². The molecule has 2 aromatic carbocycles. The van der Waals surface area contributed by atoms with Gasteiger partial charge in [0.25, 0.3) is 0 Å². The molecule has 0 bridgehead atoms. The van der Waals surface area contributed by atoms with Gasteiger partial charge in [0.2, 0.25) is 5.91 Å². The van der Waals surface area contributed by atoms with Crippen LogP contribution in [0.1, 0.15) is 50.7 Å². The molecule has 1 aliphatic carbocycles. The van der Waals surface area contributed by atoms with E-state index in [1.54, 1.807) is 26.8 Å². The van der Waals surface area contributed by atoms with Crippen molar-refractivity contribution in [3.05, 3.63) is 80.3 Å². The molecule has 33 heavy (non-hydrogen) atoms. The minimum atomic E-state index is -0.689. The quantitative estimate of drug-likeness (QED) is 0.397. The molecule has 1 saturated heterocycles. The molecule has 1 aliphatic heterocycles. The minimum absolute atomic E-state index is 0.0800. The molecule has 7 heteroatoms. The van der Waals surface area contributed by atoms with E-state index in [0.717, 1.165) is 16.7 Å². The summed E-state index contributed by atoms with van der Waals surface area (Å²) in [4.78, 5) is 27.4. The van der Waals surface area contributed by atoms with Gasteiger partial charge in [-0.2, -0.15) is 0 Å². The number of hydrogen-bond acceptors (Lipinski definition) is 3. The van der Waals surface area contributed by atoms with Crippen molar-refractivity contribution in [2.75, 3.05) is 6.54 Å². The number of carbonyl (C=O) groups excluding carboxylic acids is 2. The summed E-state index contributed by atoms with van der Waals surface area (Å²) < 4.78 is 5.52. The Bertz CT molecular complexity index is 1120. The second-order valence-electron chi connectivity index (χ2n) is 9.75. The summed E-state index contributed by atoms with van der Waals surface area (Å²) in [5.41, 5.74) is 2.32. The lowest BCUT2D eigenvalue weighted by molar-refractivity contribution is -0.129. The molecule has 2 aromatic rings. The molecule has 1 heterocycles. The maximum atomic E-state index is 13.3. The molecule has 4 nitrogen and oxygen atoms in total. The summed E-state index contributed by atoms with van der Waals surface area (Å²) in [5.74, 6) is -0.948. The fraction of sp³-hybridized carbons (Fsp3) is 0.385. The number of nitrogens with zero attached hydrogens (tertiary/aromatic N) is 1. The highest BCUT2D eigenvalue weighted by Crippen LogP contribution is 2.53. The van der Waals surface area contributed by atoms with Crippen LogP contribution in [-0.2, 0) is 9.53 Å². The third kappa shape index (κ3) is 4.80. The highest BCUT2D eigenvalue weighted by atomic mass is 35.5. The van der Waals surface area contributed by atoms with E-state index >= 15 is 0 Å². The summed E-state index contributed by atoms with van der Waals surface area (Å²) in [5, 5.41) is 1.78. The minimum Gasteiger partial charge on any atom is -0.443 e. The highest BCUT2D eigenvalue weighted by Gasteiger charge is 2.51. The zero-order valence-corrected chi connectivity index (χ0v) is 21.2. The first kappa shape index (κ1) is 24.1. The van der Waals surface area contributed by atoms with Crippen molar-refractivity contribution in [2.45, 2.75) is 45.1 Å². The number of likely N-dealkylation sites (tertiary alicyclic amines) is 1. The van der Waals surface area contributed by atoms with Crippen LogP contribution in [0.3, 0.4) is 0 Å². The Labute approximate surface area is 209 Å². The van der Waals surface area contributed by atoms with Crippen molar-refractivity contribution in [1.82, 2.24) is 4.90 Å². The molecule has 0 saturated carbocycles. The zero-order valence-electron chi connectivity index (χ0n) is 18.9. The van der Waals surface area contributed by atoms with Crippen LogP contribution in [0.2, 0.25) is 15.1 Å². The van der Waals surface area contributed by atoms with E-state index in [1.165, 1.54) is 4.90 Å². The summed E-state index contributed by atoms with van der Waals surface area (Å²) in [6.45, 7) is 7.65. The number of hydrogen-bond donors (Lipinski definition) is 0. The Morgan fingerprint density at radius 2 is 1.67 bits per heavy atom. The lowest BCUT2D eigenvalue weighted by atomic mass is 9.64. The molecule has 2 amide bonds. The van der Waals surface area contributed by atoms with Crippen molar-refractivity contribution < 1.29 is 14.3 Å². The van der Waals surface area contributed by atoms with Gasteiger partial charge in [0.15, 0.2) is 0 Å². The Morgan fingerprint density at radius 3 is 2.27 bits per heavy atom. The maximum Gasteiger partial charge on any atom is 0.417 e. The zero-order chi connectivity index (χ0) is 24.1. The highest BCUT2D eigenvalue weighted by molar-refractivity contribution is 6.35. The van der Waals surface area contributed by atoms with E-state index in [4.69, 9.17) is 39.5 Å². The molecule has 4 rings (SSSR count). The van der Waals surface area contributed by atoms with Crippen LogP contribution >= 0.6 is 34.8 Å². The van der Waals surface area contributed by atoms with E-state index in [1.807, 2.05) is 49.4 Å². The van der Waals surface area contributed by atoms with Crippen LogP contribution in [0.5, 0.6) is 0 Å². The normalized spacial score (nSPS) is 25.0. The standard InChI is InChI=1S/C26H26Cl3NO3/c1-14-11-19-20(13-30(24(19)31)25(32)33-26(2,3)4)23(15-5-7-16(27)8-6-15)22(14)18-10-9-17(28)12-21(18)29/h5-12,19-20,22-23H,13H2,1-4H3/t19-,20-,22-,23-/m1/s1. The van der Waals surface area contributed by atoms with Crippen LogP contribution in [0.4, 0.5) is 4.79 Å². The van der Waals surface area contributed by atoms with Crippen LogP contribution < -0.4 is 0 Å². The number of ether oxygens (including phenoxy) is 1. The van der Waals surface area contributed by atoms with E-state index in [-0.39, 0.29) is 30.2 Å². The number of amides is 2. The summed E-state index contributed by atoms with van der Waals surface area (Å²) in [6.07, 6.45) is 1.38. The predicted molar refractivity (Wildman–Crippen MR) is 132 cm³/mol. The second kappa shape index (κ2) is 8.98. The monoisotopic (exact) mass is 505 g/mol. The van der Waals surface area contributed by atoms with Gasteiger partial charge < -0.3 is 4.74 Å². The third-order valence-corrected chi connectivity index (χ3v) is 7.14. The molecule has 0 unspecified atom stereocenters. The van der Waals surface area contributed by atoms with E-state index in [2.05, 4.69) is 0 Å². The van der Waals surface area contributed by atoms with Gasteiger partial charge in [0.1, 0.15) is 5.60 Å². The molecule has 1 fully saturated rings. The Balaban J connectivity index is 1.80. The van der Waals surface area contributed by atoms with Gasteiger partial charge in [-0.1, -0.05) is 64.7 Å². The van der Waals surface area contributed by atoms with Gasteiger partial charge in [0.05, 0.1) is 5.92 Å². The van der Waals surface area contributed by atoms with Crippen molar-refractivity contribution in [3.63, 3.8) is 0 Å². The average molecular weight is 507 g/mol. The van der Waals surface area contributed by atoms with Gasteiger partial charge in [-0.15, -0.1) is 0 Å². The lowest BCUT2D eigenvalue weighted by Gasteiger charge is -2.39. The summed E-state index contributed by atoms with van der Waals surface area (Å²) >= 11 is 19.0. The molecule has 0 spiro atoms. The van der Waals surface area contributed by atoms with Gasteiger partial charge >= 0.3 is 6.09 Å². The van der Waals surface area contributed by atoms with Gasteiger partial charge in [-0.3, -0.25) is 4.79 Å². The predicted octanol–water partition coefficient (Wildman–Crippen LogP) is 7.48. The van der Waals surface area contributed by atoms with E-state index in [0.29, 0.717) is 15.1 Å². The molecule has 2 aliphatic rings. The van der Waals surface area contributed by atoms with E-state index in [9.17, 15) is 9.59 Å². The van der Waals surface area contributed by atoms with Crippen LogP contribution in [0.25, 0.3) is 0 Å². The number of allylic oxidation sites excluding steroid dienone is 1. The number of halogens is 3. The smallest absolute Gasteiger partial charge is 0.417 e. The largest absolute Gasteiger partial charge is 0.443 e. The number of imide groups is 1. The Hall–Kier alpha value is -2.01. The Morgan fingerprint density at radius 1 is 1.03 bits per heavy atom. The number of rotatable bonds is 2. The van der Waals surface area contributed by atoms with Crippen molar-refractivity contribution in [1.29, 1.82) is 0 Å². The maximum absolute atomic E-state index is 13.3. The molecule has 174 valence electrons. The number of carbonyl (C=O) groups is 2. The first-order chi connectivity index (χ1) is 15.5. The topological polar surface area (TPSA) is 46.6 Å². The first-order valence-corrected chi connectivity index (χ1v) is 12.0. The fourth-order valence-electron chi connectivity index (χ4n) is 5.03. The van der Waals surface area contributed by atoms with Crippen molar-refractivity contribution in [2.24, 2.45) is 11.8 Å². The summed E-state index contributed by atoms with van der Waals surface area (Å²) in [7, 11) is 0. The molecular formula is C26H26Cl3NO3.